The summed E-state index contributed by atoms with van der Waals surface area (Å²) < 4.78 is 10.9. The molecule has 5 heterocycles. The van der Waals surface area contributed by atoms with E-state index in [9.17, 15) is 9.59 Å². The van der Waals surface area contributed by atoms with Gasteiger partial charge in [0, 0.05) is 56.2 Å². The summed E-state index contributed by atoms with van der Waals surface area (Å²) >= 11 is 0. The van der Waals surface area contributed by atoms with Gasteiger partial charge in [0.2, 0.25) is 17.8 Å². The van der Waals surface area contributed by atoms with E-state index in [4.69, 9.17) is 25.2 Å². The lowest BCUT2D eigenvalue weighted by atomic mass is 9.99. The second-order valence-corrected chi connectivity index (χ2v) is 12.7. The van der Waals surface area contributed by atoms with E-state index in [1.165, 1.54) is 0 Å². The van der Waals surface area contributed by atoms with E-state index in [-0.39, 0.29) is 17.4 Å². The summed E-state index contributed by atoms with van der Waals surface area (Å²) in [6.45, 7) is 15.4. The van der Waals surface area contributed by atoms with Crippen molar-refractivity contribution in [2.75, 3.05) is 61.5 Å². The van der Waals surface area contributed by atoms with Gasteiger partial charge in [-0.25, -0.2) is 19.7 Å². The zero-order chi connectivity index (χ0) is 29.6. The van der Waals surface area contributed by atoms with Gasteiger partial charge in [0.05, 0.1) is 24.4 Å². The van der Waals surface area contributed by atoms with Crippen LogP contribution in [0.3, 0.4) is 0 Å². The molecule has 0 radical (unpaired) electrons. The number of morpholine rings is 1. The Morgan fingerprint density at radius 2 is 1.73 bits per heavy atom. The van der Waals surface area contributed by atoms with Crippen LogP contribution in [0.4, 0.5) is 22.5 Å². The highest BCUT2D eigenvalue weighted by Crippen LogP contribution is 2.41. The van der Waals surface area contributed by atoms with Crippen LogP contribution in [0.25, 0.3) is 11.3 Å². The summed E-state index contributed by atoms with van der Waals surface area (Å²) in [4.78, 5) is 50.8. The zero-order valence-electron chi connectivity index (χ0n) is 24.9. The van der Waals surface area contributed by atoms with Crippen LogP contribution in [-0.2, 0) is 20.7 Å². The molecule has 0 spiro atoms. The lowest BCUT2D eigenvalue weighted by Gasteiger charge is -2.38. The highest BCUT2D eigenvalue weighted by Gasteiger charge is 2.47. The van der Waals surface area contributed by atoms with E-state index in [0.717, 1.165) is 42.0 Å². The molecule has 2 amide bonds. The standard InChI is InChI=1S/C28H41N9O4/c1-26(2,3)41-25(39)34-27(4,5)22(38)36-10-8-28(6,17-36)37-9-7-19-20(18-15-30-23(29)31-16-18)32-24(33-21(19)37)35-11-13-40-14-12-35/h15-16H,7-14,17H2,1-6H3,(H,34,39)(H2,29,30,31)/t28-/m1/s1. The van der Waals surface area contributed by atoms with Crippen LogP contribution in [0.2, 0.25) is 0 Å². The summed E-state index contributed by atoms with van der Waals surface area (Å²) in [5.41, 5.74) is 6.26. The maximum atomic E-state index is 13.6. The first-order valence-corrected chi connectivity index (χ1v) is 14.2. The first-order valence-electron chi connectivity index (χ1n) is 14.2. The molecule has 2 aromatic heterocycles. The third-order valence-corrected chi connectivity index (χ3v) is 7.79. The quantitative estimate of drug-likeness (QED) is 0.546. The van der Waals surface area contributed by atoms with Crippen molar-refractivity contribution in [2.24, 2.45) is 0 Å². The van der Waals surface area contributed by atoms with Crippen molar-refractivity contribution in [1.82, 2.24) is 30.2 Å². The molecule has 41 heavy (non-hydrogen) atoms. The predicted molar refractivity (Wildman–Crippen MR) is 155 cm³/mol. The fourth-order valence-electron chi connectivity index (χ4n) is 5.72. The molecular formula is C28H41N9O4. The van der Waals surface area contributed by atoms with Crippen molar-refractivity contribution in [3.8, 4) is 11.3 Å². The average molecular weight is 568 g/mol. The number of ether oxygens (including phenoxy) is 2. The molecular weight excluding hydrogens is 526 g/mol. The van der Waals surface area contributed by atoms with Gasteiger partial charge in [0.25, 0.3) is 0 Å². The van der Waals surface area contributed by atoms with E-state index >= 15 is 0 Å². The Morgan fingerprint density at radius 1 is 1.05 bits per heavy atom. The maximum absolute atomic E-state index is 13.6. The van der Waals surface area contributed by atoms with E-state index < -0.39 is 17.2 Å². The van der Waals surface area contributed by atoms with E-state index in [1.54, 1.807) is 47.0 Å². The molecule has 0 aromatic carbocycles. The number of anilines is 3. The number of likely N-dealkylation sites (tertiary alicyclic amines) is 1. The van der Waals surface area contributed by atoms with Crippen LogP contribution in [0.5, 0.6) is 0 Å². The number of carbonyl (C=O) groups is 2. The van der Waals surface area contributed by atoms with E-state index in [0.29, 0.717) is 45.3 Å². The molecule has 0 aliphatic carbocycles. The van der Waals surface area contributed by atoms with Gasteiger partial charge in [-0.1, -0.05) is 0 Å². The number of hydrogen-bond donors (Lipinski definition) is 2. The smallest absolute Gasteiger partial charge is 0.408 e. The van der Waals surface area contributed by atoms with Gasteiger partial charge in [-0.05, 0) is 54.4 Å². The van der Waals surface area contributed by atoms with Crippen LogP contribution in [0, 0.1) is 0 Å². The number of aromatic nitrogens is 4. The Balaban J connectivity index is 1.41. The molecule has 3 aliphatic heterocycles. The number of alkyl carbamates (subject to hydrolysis) is 1. The first kappa shape index (κ1) is 28.8. The molecule has 2 aromatic rings. The number of nitrogens with one attached hydrogen (secondary N) is 1. The van der Waals surface area contributed by atoms with Crippen LogP contribution in [0.1, 0.15) is 53.5 Å². The number of nitrogens with zero attached hydrogens (tertiary/aromatic N) is 7. The monoisotopic (exact) mass is 567 g/mol. The van der Waals surface area contributed by atoms with Crippen LogP contribution >= 0.6 is 0 Å². The van der Waals surface area contributed by atoms with Crippen molar-refractivity contribution in [2.45, 2.75) is 71.1 Å². The summed E-state index contributed by atoms with van der Waals surface area (Å²) in [6.07, 6.45) is 4.31. The molecule has 5 rings (SSSR count). The summed E-state index contributed by atoms with van der Waals surface area (Å²) in [5, 5.41) is 2.75. The van der Waals surface area contributed by atoms with Gasteiger partial charge in [-0.15, -0.1) is 0 Å². The van der Waals surface area contributed by atoms with Crippen LogP contribution in [-0.4, -0.2) is 99.5 Å². The van der Waals surface area contributed by atoms with E-state index in [1.807, 2.05) is 4.90 Å². The van der Waals surface area contributed by atoms with Gasteiger partial charge in [-0.3, -0.25) is 4.79 Å². The SMILES string of the molecule is CC(C)(C)OC(=O)NC(C)(C)C(=O)N1CC[C@@](C)(N2CCc3c(-c4cnc(N)nc4)nc(N4CCOCC4)nc32)C1. The van der Waals surface area contributed by atoms with E-state index in [2.05, 4.69) is 32.0 Å². The Labute approximate surface area is 240 Å². The number of nitrogens with two attached hydrogens (primary N) is 1. The number of hydrogen-bond acceptors (Lipinski definition) is 11. The third-order valence-electron chi connectivity index (χ3n) is 7.79. The Bertz CT molecular complexity index is 1300. The fourth-order valence-corrected chi connectivity index (χ4v) is 5.72. The fraction of sp³-hybridized carbons (Fsp3) is 0.643. The van der Waals surface area contributed by atoms with Crippen molar-refractivity contribution < 1.29 is 19.1 Å². The van der Waals surface area contributed by atoms with Crippen molar-refractivity contribution in [3.63, 3.8) is 0 Å². The van der Waals surface area contributed by atoms with Gasteiger partial charge in [0.15, 0.2) is 0 Å². The molecule has 2 saturated heterocycles. The predicted octanol–water partition coefficient (Wildman–Crippen LogP) is 2.01. The maximum Gasteiger partial charge on any atom is 0.408 e. The average Bonchev–Trinajstić information content (AvgIpc) is 3.52. The summed E-state index contributed by atoms with van der Waals surface area (Å²) in [6, 6.07) is 0. The van der Waals surface area contributed by atoms with Crippen LogP contribution < -0.4 is 20.9 Å². The van der Waals surface area contributed by atoms with Gasteiger partial charge >= 0.3 is 6.09 Å². The Hall–Kier alpha value is -3.74. The lowest BCUT2D eigenvalue weighted by molar-refractivity contribution is -0.136. The van der Waals surface area contributed by atoms with Gasteiger partial charge < -0.3 is 35.2 Å². The van der Waals surface area contributed by atoms with Gasteiger partial charge in [-0.2, -0.15) is 4.98 Å². The third kappa shape index (κ3) is 5.99. The Kier molecular flexibility index (Phi) is 7.43. The minimum atomic E-state index is -1.12. The normalized spacial score (nSPS) is 21.2. The molecule has 0 saturated carbocycles. The molecule has 13 heteroatoms. The van der Waals surface area contributed by atoms with Crippen LogP contribution in [0.15, 0.2) is 12.4 Å². The summed E-state index contributed by atoms with van der Waals surface area (Å²) in [5.74, 6) is 1.57. The molecule has 3 aliphatic rings. The second kappa shape index (κ2) is 10.6. The number of nitrogen functional groups attached to an aromatic ring is 1. The largest absolute Gasteiger partial charge is 0.444 e. The van der Waals surface area contributed by atoms with Crippen molar-refractivity contribution >= 4 is 29.7 Å². The highest BCUT2D eigenvalue weighted by molar-refractivity contribution is 5.89. The number of fused-ring (bicyclic) bond motifs is 1. The zero-order valence-corrected chi connectivity index (χ0v) is 24.9. The second-order valence-electron chi connectivity index (χ2n) is 12.7. The highest BCUT2D eigenvalue weighted by atomic mass is 16.6. The number of amides is 2. The molecule has 3 N–H and O–H groups in total. The molecule has 0 bridgehead atoms. The molecule has 222 valence electrons. The molecule has 0 unspecified atom stereocenters. The minimum Gasteiger partial charge on any atom is -0.444 e. The number of carbonyl (C=O) groups excluding carboxylic acids is 2. The van der Waals surface area contributed by atoms with Gasteiger partial charge in [0.1, 0.15) is 17.0 Å². The first-order chi connectivity index (χ1) is 19.3. The van der Waals surface area contributed by atoms with Crippen molar-refractivity contribution in [1.29, 1.82) is 0 Å². The molecule has 13 nitrogen and oxygen atoms in total. The lowest BCUT2D eigenvalue weighted by Crippen LogP contribution is -2.57. The van der Waals surface area contributed by atoms with Crippen molar-refractivity contribution in [3.05, 3.63) is 18.0 Å². The number of rotatable bonds is 5. The summed E-state index contributed by atoms with van der Waals surface area (Å²) in [7, 11) is 0. The molecule has 2 fully saturated rings. The Morgan fingerprint density at radius 3 is 2.39 bits per heavy atom. The minimum absolute atomic E-state index is 0.150. The molecule has 1 atom stereocenters. The topological polar surface area (TPSA) is 152 Å².